The monoisotopic (exact) mass is 618 g/mol. The van der Waals surface area contributed by atoms with Gasteiger partial charge >= 0.3 is 11.9 Å². The number of benzene rings is 3. The van der Waals surface area contributed by atoms with Crippen molar-refractivity contribution in [2.24, 2.45) is 5.92 Å². The van der Waals surface area contributed by atoms with Crippen molar-refractivity contribution < 1.29 is 38.7 Å². The molecule has 0 saturated heterocycles. The van der Waals surface area contributed by atoms with E-state index in [2.05, 4.69) is 31.7 Å². The number of rotatable bonds is 20. The van der Waals surface area contributed by atoms with Gasteiger partial charge in [0.1, 0.15) is 37.9 Å². The van der Waals surface area contributed by atoms with Gasteiger partial charge in [-0.25, -0.2) is 4.79 Å². The molecule has 3 rings (SSSR count). The van der Waals surface area contributed by atoms with Crippen molar-refractivity contribution in [2.45, 2.75) is 52.4 Å². The summed E-state index contributed by atoms with van der Waals surface area (Å²) in [6.07, 6.45) is 6.99. The molecule has 0 aliphatic rings. The second-order valence-corrected chi connectivity index (χ2v) is 10.9. The first-order valence-corrected chi connectivity index (χ1v) is 15.7. The number of aryl methyl sites for hydroxylation is 1. The van der Waals surface area contributed by atoms with E-state index < -0.39 is 24.5 Å². The smallest absolute Gasteiger partial charge is 0.335 e. The molecular weight excluding hydrogens is 572 g/mol. The van der Waals surface area contributed by atoms with Crippen LogP contribution in [-0.4, -0.2) is 61.8 Å². The standard InChI is InChI=1S/C37H46O8/c1-4-5-6-7-8-9-32-24-31(29-10-15-33(16-11-29)42-20-22-44-36(40)27(2)25-38)14-19-35(32)30-12-17-34(18-13-30)43-21-23-45-37(41)28(3)26-39/h10-19,24,27,38-39H,3-9,20-23,25-26H2,1-2H3. The van der Waals surface area contributed by atoms with Gasteiger partial charge in [-0.2, -0.15) is 0 Å². The molecular formula is C37H46O8. The molecule has 0 aliphatic heterocycles. The SMILES string of the molecule is C=C(CO)C(=O)OCCOc1ccc(-c2ccc(-c3ccc(OCCOC(=O)C(C)CO)cc3)cc2CCCCCCC)cc1. The van der Waals surface area contributed by atoms with E-state index in [0.717, 1.165) is 29.5 Å². The third-order valence-corrected chi connectivity index (χ3v) is 7.35. The summed E-state index contributed by atoms with van der Waals surface area (Å²) in [6, 6.07) is 22.4. The zero-order valence-corrected chi connectivity index (χ0v) is 26.5. The molecule has 1 unspecified atom stereocenters. The van der Waals surface area contributed by atoms with E-state index in [1.54, 1.807) is 6.92 Å². The summed E-state index contributed by atoms with van der Waals surface area (Å²) in [5, 5.41) is 18.0. The highest BCUT2D eigenvalue weighted by molar-refractivity contribution is 5.87. The molecule has 3 aromatic rings. The zero-order chi connectivity index (χ0) is 32.4. The Labute approximate surface area is 266 Å². The van der Waals surface area contributed by atoms with Crippen molar-refractivity contribution in [3.05, 3.63) is 84.4 Å². The summed E-state index contributed by atoms with van der Waals surface area (Å²) in [6.45, 7) is 7.23. The summed E-state index contributed by atoms with van der Waals surface area (Å²) in [5.41, 5.74) is 5.78. The van der Waals surface area contributed by atoms with Crippen LogP contribution in [0.3, 0.4) is 0 Å². The number of carbonyl (C=O) groups excluding carboxylic acids is 2. The first-order valence-electron chi connectivity index (χ1n) is 15.7. The second kappa shape index (κ2) is 19.3. The fourth-order valence-electron chi connectivity index (χ4n) is 4.63. The largest absolute Gasteiger partial charge is 0.490 e. The minimum Gasteiger partial charge on any atom is -0.490 e. The Morgan fingerprint density at radius 2 is 1.31 bits per heavy atom. The average Bonchev–Trinajstić information content (AvgIpc) is 3.08. The molecule has 0 spiro atoms. The first-order chi connectivity index (χ1) is 21.9. The number of hydrogen-bond donors (Lipinski definition) is 2. The van der Waals surface area contributed by atoms with Crippen LogP contribution in [0.5, 0.6) is 11.5 Å². The Hall–Kier alpha value is -4.14. The highest BCUT2D eigenvalue weighted by Gasteiger charge is 2.13. The van der Waals surface area contributed by atoms with Gasteiger partial charge in [-0.3, -0.25) is 4.79 Å². The fraction of sp³-hybridized carbons (Fsp3) is 0.405. The number of aliphatic hydroxyl groups excluding tert-OH is 2. The van der Waals surface area contributed by atoms with E-state index in [4.69, 9.17) is 29.2 Å². The van der Waals surface area contributed by atoms with E-state index in [9.17, 15) is 9.59 Å². The zero-order valence-electron chi connectivity index (χ0n) is 26.5. The minimum atomic E-state index is -0.629. The lowest BCUT2D eigenvalue weighted by molar-refractivity contribution is -0.150. The molecule has 1 atom stereocenters. The average molecular weight is 619 g/mol. The summed E-state index contributed by atoms with van der Waals surface area (Å²) >= 11 is 0. The van der Waals surface area contributed by atoms with Crippen LogP contribution < -0.4 is 9.47 Å². The van der Waals surface area contributed by atoms with Crippen LogP contribution in [0, 0.1) is 5.92 Å². The van der Waals surface area contributed by atoms with Gasteiger partial charge in [0.2, 0.25) is 0 Å². The van der Waals surface area contributed by atoms with Crippen LogP contribution in [0.2, 0.25) is 0 Å². The van der Waals surface area contributed by atoms with E-state index in [0.29, 0.717) is 11.5 Å². The maximum absolute atomic E-state index is 11.7. The van der Waals surface area contributed by atoms with E-state index >= 15 is 0 Å². The summed E-state index contributed by atoms with van der Waals surface area (Å²) in [5.74, 6) is -0.244. The third-order valence-electron chi connectivity index (χ3n) is 7.35. The molecule has 242 valence electrons. The Morgan fingerprint density at radius 3 is 1.91 bits per heavy atom. The van der Waals surface area contributed by atoms with Gasteiger partial charge in [0.15, 0.2) is 0 Å². The molecule has 0 heterocycles. The molecule has 0 bridgehead atoms. The third kappa shape index (κ3) is 11.7. The number of carbonyl (C=O) groups is 2. The van der Waals surface area contributed by atoms with Crippen LogP contribution in [-0.2, 0) is 25.5 Å². The van der Waals surface area contributed by atoms with E-state index in [1.807, 2.05) is 48.5 Å². The highest BCUT2D eigenvalue weighted by atomic mass is 16.6. The molecule has 0 aromatic heterocycles. The van der Waals surface area contributed by atoms with Gasteiger partial charge in [0.25, 0.3) is 0 Å². The molecule has 2 N–H and O–H groups in total. The lowest BCUT2D eigenvalue weighted by atomic mass is 9.92. The molecule has 45 heavy (non-hydrogen) atoms. The van der Waals surface area contributed by atoms with E-state index in [-0.39, 0.29) is 38.6 Å². The summed E-state index contributed by atoms with van der Waals surface area (Å²) in [4.78, 5) is 23.3. The van der Waals surface area contributed by atoms with Gasteiger partial charge in [0, 0.05) is 0 Å². The van der Waals surface area contributed by atoms with Crippen molar-refractivity contribution in [3.8, 4) is 33.8 Å². The van der Waals surface area contributed by atoms with Crippen LogP contribution in [0.15, 0.2) is 78.9 Å². The lowest BCUT2D eigenvalue weighted by Crippen LogP contribution is -2.20. The van der Waals surface area contributed by atoms with Gasteiger partial charge in [-0.15, -0.1) is 0 Å². The van der Waals surface area contributed by atoms with Crippen molar-refractivity contribution in [3.63, 3.8) is 0 Å². The van der Waals surface area contributed by atoms with Crippen molar-refractivity contribution in [1.29, 1.82) is 0 Å². The summed E-state index contributed by atoms with van der Waals surface area (Å²) < 4.78 is 21.6. The Bertz CT molecular complexity index is 1350. The Kier molecular flexibility index (Phi) is 15.1. The highest BCUT2D eigenvalue weighted by Crippen LogP contribution is 2.32. The molecule has 0 radical (unpaired) electrons. The first kappa shape index (κ1) is 35.3. The van der Waals surface area contributed by atoms with Gasteiger partial charge < -0.3 is 29.2 Å². The van der Waals surface area contributed by atoms with Crippen LogP contribution in [0.1, 0.15) is 51.5 Å². The second-order valence-electron chi connectivity index (χ2n) is 10.9. The van der Waals surface area contributed by atoms with Gasteiger partial charge in [-0.05, 0) is 71.8 Å². The number of unbranched alkanes of at least 4 members (excludes halogenated alkanes) is 4. The number of aliphatic hydroxyl groups is 2. The van der Waals surface area contributed by atoms with Gasteiger partial charge in [0.05, 0.1) is 24.7 Å². The van der Waals surface area contributed by atoms with E-state index in [1.165, 1.54) is 36.8 Å². The van der Waals surface area contributed by atoms with Crippen LogP contribution in [0.25, 0.3) is 22.3 Å². The van der Waals surface area contributed by atoms with Crippen molar-refractivity contribution in [1.82, 2.24) is 0 Å². The van der Waals surface area contributed by atoms with Crippen LogP contribution in [0.4, 0.5) is 0 Å². The Balaban J connectivity index is 1.65. The normalized spacial score (nSPS) is 11.5. The maximum Gasteiger partial charge on any atom is 0.335 e. The molecule has 8 heteroatoms. The molecule has 0 fully saturated rings. The Morgan fingerprint density at radius 1 is 0.733 bits per heavy atom. The number of esters is 2. The predicted molar refractivity (Wildman–Crippen MR) is 175 cm³/mol. The molecule has 3 aromatic carbocycles. The summed E-state index contributed by atoms with van der Waals surface area (Å²) in [7, 11) is 0. The number of ether oxygens (including phenoxy) is 4. The topological polar surface area (TPSA) is 112 Å². The van der Waals surface area contributed by atoms with Crippen molar-refractivity contribution in [2.75, 3.05) is 39.6 Å². The quantitative estimate of drug-likeness (QED) is 0.0833. The minimum absolute atomic E-state index is 0.0135. The fourth-order valence-corrected chi connectivity index (χ4v) is 4.63. The molecule has 0 aliphatic carbocycles. The van der Waals surface area contributed by atoms with Gasteiger partial charge in [-0.1, -0.05) is 81.7 Å². The predicted octanol–water partition coefficient (Wildman–Crippen LogP) is 6.55. The van der Waals surface area contributed by atoms with Crippen molar-refractivity contribution >= 4 is 11.9 Å². The van der Waals surface area contributed by atoms with Crippen LogP contribution >= 0.6 is 0 Å². The maximum atomic E-state index is 11.7. The lowest BCUT2D eigenvalue weighted by Gasteiger charge is -2.14. The number of hydrogen-bond acceptors (Lipinski definition) is 8. The molecule has 0 saturated carbocycles. The molecule has 8 nitrogen and oxygen atoms in total. The molecule has 0 amide bonds.